The van der Waals surface area contributed by atoms with Crippen LogP contribution in [0.5, 0.6) is 0 Å². The fourth-order valence-electron chi connectivity index (χ4n) is 5.21. The zero-order valence-electron chi connectivity index (χ0n) is 13.3. The van der Waals surface area contributed by atoms with Crippen LogP contribution in [-0.4, -0.2) is 31.9 Å². The molecule has 1 heterocycles. The molecule has 0 aromatic carbocycles. The third-order valence-electron chi connectivity index (χ3n) is 5.65. The van der Waals surface area contributed by atoms with E-state index in [0.29, 0.717) is 5.16 Å². The molecular weight excluding hydrogens is 296 g/mol. The van der Waals surface area contributed by atoms with Gasteiger partial charge in [0.15, 0.2) is 0 Å². The third kappa shape index (κ3) is 2.66. The molecule has 1 amide bonds. The lowest BCUT2D eigenvalue weighted by Gasteiger charge is -2.57. The number of rotatable bonds is 4. The quantitative estimate of drug-likeness (QED) is 0.837. The molecule has 0 spiro atoms. The third-order valence-corrected chi connectivity index (χ3v) is 6.62. The number of aryl methyl sites for hydroxylation is 1. The predicted octanol–water partition coefficient (Wildman–Crippen LogP) is 2.68. The minimum atomic E-state index is -0.150. The summed E-state index contributed by atoms with van der Waals surface area (Å²) < 4.78 is 0. The highest BCUT2D eigenvalue weighted by Gasteiger charge is 2.51. The number of carbonyl (C=O) groups excluding carboxylic acids is 1. The molecule has 1 atom stereocenters. The van der Waals surface area contributed by atoms with Gasteiger partial charge in [0, 0.05) is 5.54 Å². The van der Waals surface area contributed by atoms with Crippen LogP contribution in [0.2, 0.25) is 0 Å². The molecule has 5 nitrogen and oxygen atoms in total. The Hall–Kier alpha value is -1.04. The van der Waals surface area contributed by atoms with Gasteiger partial charge in [0.1, 0.15) is 5.82 Å². The monoisotopic (exact) mass is 320 g/mol. The summed E-state index contributed by atoms with van der Waals surface area (Å²) in [6.07, 6.45) is 7.79. The number of nitrogens with zero attached hydrogens (tertiary/aromatic N) is 2. The normalized spacial score (nSPS) is 37.3. The predicted molar refractivity (Wildman–Crippen MR) is 85.5 cm³/mol. The molecule has 1 aromatic heterocycles. The molecule has 4 bridgehead atoms. The Morgan fingerprint density at radius 2 is 1.86 bits per heavy atom. The van der Waals surface area contributed by atoms with Gasteiger partial charge in [0.05, 0.1) is 5.25 Å². The summed E-state index contributed by atoms with van der Waals surface area (Å²) in [4.78, 5) is 16.9. The van der Waals surface area contributed by atoms with E-state index in [1.807, 2.05) is 13.8 Å². The van der Waals surface area contributed by atoms with E-state index in [9.17, 15) is 4.79 Å². The van der Waals surface area contributed by atoms with Crippen LogP contribution in [0, 0.1) is 24.7 Å². The van der Waals surface area contributed by atoms with Crippen LogP contribution in [0.3, 0.4) is 0 Å². The summed E-state index contributed by atoms with van der Waals surface area (Å²) in [6, 6.07) is 0. The first-order valence-corrected chi connectivity index (χ1v) is 9.27. The van der Waals surface area contributed by atoms with Gasteiger partial charge in [0.2, 0.25) is 11.1 Å². The number of aromatic nitrogens is 3. The van der Waals surface area contributed by atoms with Gasteiger partial charge in [-0.05, 0) is 70.1 Å². The molecule has 1 aromatic rings. The van der Waals surface area contributed by atoms with E-state index in [0.717, 1.165) is 23.6 Å². The molecule has 4 aliphatic rings. The number of thioether (sulfide) groups is 1. The molecule has 4 aliphatic carbocycles. The Bertz CT molecular complexity index is 549. The highest BCUT2D eigenvalue weighted by atomic mass is 32.2. The van der Waals surface area contributed by atoms with Crippen molar-refractivity contribution >= 4 is 17.7 Å². The Balaban J connectivity index is 1.41. The maximum atomic E-state index is 12.6. The van der Waals surface area contributed by atoms with Crippen molar-refractivity contribution < 1.29 is 4.79 Å². The van der Waals surface area contributed by atoms with Gasteiger partial charge >= 0.3 is 0 Å². The van der Waals surface area contributed by atoms with Crippen LogP contribution >= 0.6 is 11.8 Å². The van der Waals surface area contributed by atoms with Crippen molar-refractivity contribution in [2.24, 2.45) is 17.8 Å². The van der Waals surface area contributed by atoms with Gasteiger partial charge in [-0.1, -0.05) is 11.8 Å². The van der Waals surface area contributed by atoms with Crippen molar-refractivity contribution in [2.45, 2.75) is 68.3 Å². The minimum Gasteiger partial charge on any atom is -0.350 e. The van der Waals surface area contributed by atoms with Crippen molar-refractivity contribution in [3.8, 4) is 0 Å². The first-order chi connectivity index (χ1) is 10.5. The summed E-state index contributed by atoms with van der Waals surface area (Å²) in [7, 11) is 0. The Kier molecular flexibility index (Phi) is 3.47. The number of nitrogens with one attached hydrogen (secondary N) is 2. The van der Waals surface area contributed by atoms with Crippen molar-refractivity contribution in [2.75, 3.05) is 0 Å². The van der Waals surface area contributed by atoms with Gasteiger partial charge in [-0.15, -0.1) is 5.10 Å². The second kappa shape index (κ2) is 5.25. The Morgan fingerprint density at radius 1 is 1.27 bits per heavy atom. The van der Waals surface area contributed by atoms with Gasteiger partial charge in [-0.25, -0.2) is 4.98 Å². The molecule has 6 heteroatoms. The average Bonchev–Trinajstić information content (AvgIpc) is 2.81. The van der Waals surface area contributed by atoms with Crippen molar-refractivity contribution in [3.63, 3.8) is 0 Å². The highest BCUT2D eigenvalue weighted by molar-refractivity contribution is 8.00. The molecular formula is C16H24N4OS. The zero-order chi connectivity index (χ0) is 15.3. The zero-order valence-corrected chi connectivity index (χ0v) is 14.1. The molecule has 4 fully saturated rings. The van der Waals surface area contributed by atoms with E-state index < -0.39 is 0 Å². The van der Waals surface area contributed by atoms with Crippen LogP contribution in [0.25, 0.3) is 0 Å². The standard InChI is InChI=1S/C16H24N4OS/c1-9(22-15-17-10(2)19-20-15)14(21)18-16-6-11-3-12(7-16)5-13(4-11)8-16/h9,11-13H,3-8H2,1-2H3,(H,18,21)(H,17,19,20). The van der Waals surface area contributed by atoms with Gasteiger partial charge in [-0.3, -0.25) is 9.89 Å². The fraction of sp³-hybridized carbons (Fsp3) is 0.812. The molecule has 120 valence electrons. The summed E-state index contributed by atoms with van der Waals surface area (Å²) in [6.45, 7) is 3.82. The van der Waals surface area contributed by atoms with Crippen LogP contribution in [0.4, 0.5) is 0 Å². The minimum absolute atomic E-state index is 0.0928. The average molecular weight is 320 g/mol. The van der Waals surface area contributed by atoms with E-state index in [1.165, 1.54) is 50.3 Å². The number of amides is 1. The van der Waals surface area contributed by atoms with Crippen LogP contribution in [0.1, 0.15) is 51.3 Å². The fourth-order valence-corrected chi connectivity index (χ4v) is 5.98. The molecule has 0 aliphatic heterocycles. The maximum Gasteiger partial charge on any atom is 0.233 e. The number of carbonyl (C=O) groups is 1. The summed E-state index contributed by atoms with van der Waals surface area (Å²) >= 11 is 1.44. The highest BCUT2D eigenvalue weighted by Crippen LogP contribution is 2.55. The Labute approximate surface area is 135 Å². The number of aromatic amines is 1. The van der Waals surface area contributed by atoms with Gasteiger partial charge in [0.25, 0.3) is 0 Å². The summed E-state index contributed by atoms with van der Waals surface area (Å²) in [5, 5.41) is 10.9. The number of H-pyrrole nitrogens is 1. The van der Waals surface area contributed by atoms with E-state index >= 15 is 0 Å². The lowest BCUT2D eigenvalue weighted by atomic mass is 9.53. The molecule has 1 unspecified atom stereocenters. The van der Waals surface area contributed by atoms with E-state index in [1.54, 1.807) is 0 Å². The van der Waals surface area contributed by atoms with Crippen molar-refractivity contribution in [3.05, 3.63) is 5.82 Å². The SMILES string of the molecule is Cc1nc(SC(C)C(=O)NC23CC4CC(CC(C4)C2)C3)n[nH]1. The largest absolute Gasteiger partial charge is 0.350 e. The first kappa shape index (κ1) is 14.5. The number of hydrogen-bond donors (Lipinski definition) is 2. The second-order valence-electron chi connectivity index (χ2n) is 7.65. The summed E-state index contributed by atoms with van der Waals surface area (Å²) in [5.74, 6) is 3.49. The first-order valence-electron chi connectivity index (χ1n) is 8.39. The van der Waals surface area contributed by atoms with Crippen molar-refractivity contribution in [1.82, 2.24) is 20.5 Å². The molecule has 22 heavy (non-hydrogen) atoms. The lowest BCUT2D eigenvalue weighted by Crippen LogP contribution is -2.60. The lowest BCUT2D eigenvalue weighted by molar-refractivity contribution is -0.126. The second-order valence-corrected chi connectivity index (χ2v) is 8.96. The maximum absolute atomic E-state index is 12.6. The molecule has 5 rings (SSSR count). The molecule has 0 saturated heterocycles. The number of hydrogen-bond acceptors (Lipinski definition) is 4. The van der Waals surface area contributed by atoms with Gasteiger partial charge < -0.3 is 5.32 Å². The van der Waals surface area contributed by atoms with Gasteiger partial charge in [-0.2, -0.15) is 0 Å². The summed E-state index contributed by atoms with van der Waals surface area (Å²) in [5.41, 5.74) is 0.0928. The molecule has 0 radical (unpaired) electrons. The Morgan fingerprint density at radius 3 is 2.36 bits per heavy atom. The van der Waals surface area contributed by atoms with Crippen LogP contribution in [-0.2, 0) is 4.79 Å². The smallest absolute Gasteiger partial charge is 0.233 e. The topological polar surface area (TPSA) is 70.7 Å². The van der Waals surface area contributed by atoms with E-state index in [-0.39, 0.29) is 16.7 Å². The van der Waals surface area contributed by atoms with E-state index in [4.69, 9.17) is 0 Å². The van der Waals surface area contributed by atoms with Crippen LogP contribution < -0.4 is 5.32 Å². The van der Waals surface area contributed by atoms with E-state index in [2.05, 4.69) is 20.5 Å². The van der Waals surface area contributed by atoms with Crippen molar-refractivity contribution in [1.29, 1.82) is 0 Å². The molecule has 2 N–H and O–H groups in total. The molecule has 4 saturated carbocycles. The van der Waals surface area contributed by atoms with Crippen LogP contribution in [0.15, 0.2) is 5.16 Å².